The van der Waals surface area contributed by atoms with Crippen molar-refractivity contribution in [3.8, 4) is 0 Å². The van der Waals surface area contributed by atoms with Crippen LogP contribution in [0.2, 0.25) is 0 Å². The number of pyridine rings is 1. The van der Waals surface area contributed by atoms with E-state index >= 15 is 0 Å². The number of ether oxygens (including phenoxy) is 2. The van der Waals surface area contributed by atoms with Crippen LogP contribution in [0.15, 0.2) is 52.2 Å². The highest BCUT2D eigenvalue weighted by Gasteiger charge is 2.33. The first-order chi connectivity index (χ1) is 16.2. The van der Waals surface area contributed by atoms with Crippen molar-refractivity contribution in [3.05, 3.63) is 75.1 Å². The molecule has 1 unspecified atom stereocenters. The molecule has 9 heteroatoms. The molecule has 2 aromatic carbocycles. The average Bonchev–Trinajstić information content (AvgIpc) is 3.34. The smallest absolute Gasteiger partial charge is 0.339 e. The fraction of sp³-hybridized carbons (Fsp3) is 0.360. The fourth-order valence-corrected chi connectivity index (χ4v) is 5.93. The predicted octanol–water partition coefficient (Wildman–Crippen LogP) is 3.30. The van der Waals surface area contributed by atoms with Crippen LogP contribution in [0, 0.1) is 13.8 Å². The average molecular weight is 485 g/mol. The fourth-order valence-electron chi connectivity index (χ4n) is 4.30. The third-order valence-corrected chi connectivity index (χ3v) is 8.08. The van der Waals surface area contributed by atoms with Crippen LogP contribution in [0.4, 0.5) is 0 Å². The SMILES string of the molecule is COC(=O)c1ccccc1S(=O)(=O)N(Cc1cc2c(C)ccc(C)c2[nH]c1=O)CC1CCCO1. The highest BCUT2D eigenvalue weighted by molar-refractivity contribution is 7.89. The van der Waals surface area contributed by atoms with Crippen molar-refractivity contribution in [1.29, 1.82) is 0 Å². The van der Waals surface area contributed by atoms with Gasteiger partial charge in [-0.15, -0.1) is 0 Å². The molecule has 0 aliphatic carbocycles. The van der Waals surface area contributed by atoms with Crippen LogP contribution in [-0.2, 0) is 26.0 Å². The van der Waals surface area contributed by atoms with Crippen molar-refractivity contribution in [1.82, 2.24) is 9.29 Å². The number of H-pyrrole nitrogens is 1. The molecule has 3 aromatic rings. The number of aromatic nitrogens is 1. The van der Waals surface area contributed by atoms with Gasteiger partial charge in [0.2, 0.25) is 10.0 Å². The van der Waals surface area contributed by atoms with E-state index < -0.39 is 16.0 Å². The third kappa shape index (κ3) is 4.64. The van der Waals surface area contributed by atoms with E-state index in [9.17, 15) is 18.0 Å². The molecule has 2 heterocycles. The van der Waals surface area contributed by atoms with Gasteiger partial charge < -0.3 is 14.5 Å². The number of rotatable bonds is 7. The molecule has 0 bridgehead atoms. The first-order valence-electron chi connectivity index (χ1n) is 11.1. The molecular weight excluding hydrogens is 456 g/mol. The second-order valence-electron chi connectivity index (χ2n) is 8.53. The van der Waals surface area contributed by atoms with Crippen molar-refractivity contribution >= 4 is 26.9 Å². The second kappa shape index (κ2) is 9.69. The topological polar surface area (TPSA) is 106 Å². The summed E-state index contributed by atoms with van der Waals surface area (Å²) in [5.41, 5.74) is 2.55. The Kier molecular flexibility index (Phi) is 6.88. The standard InChI is InChI=1S/C25H28N2O6S/c1-16-10-11-17(2)23-21(16)13-18(24(28)26-23)14-27(15-19-7-6-12-33-19)34(30,31)22-9-5-4-8-20(22)25(29)32-3/h4-5,8-11,13,19H,6-7,12,14-15H2,1-3H3,(H,26,28). The van der Waals surface area contributed by atoms with Gasteiger partial charge in [0, 0.05) is 30.6 Å². The van der Waals surface area contributed by atoms with Crippen LogP contribution in [0.25, 0.3) is 10.9 Å². The molecule has 0 radical (unpaired) electrons. The van der Waals surface area contributed by atoms with E-state index in [1.54, 1.807) is 18.2 Å². The Bertz CT molecular complexity index is 1390. The van der Waals surface area contributed by atoms with Crippen molar-refractivity contribution < 1.29 is 22.7 Å². The number of benzene rings is 2. The van der Waals surface area contributed by atoms with Crippen LogP contribution in [-0.4, -0.2) is 50.0 Å². The number of methoxy groups -OCH3 is 1. The van der Waals surface area contributed by atoms with Gasteiger partial charge >= 0.3 is 5.97 Å². The lowest BCUT2D eigenvalue weighted by molar-refractivity contribution is 0.0596. The number of sulfonamides is 1. The Balaban J connectivity index is 1.80. The van der Waals surface area contributed by atoms with Crippen LogP contribution in [0.5, 0.6) is 0 Å². The maximum atomic E-state index is 13.8. The number of carbonyl (C=O) groups is 1. The Morgan fingerprint density at radius 3 is 2.62 bits per heavy atom. The second-order valence-corrected chi connectivity index (χ2v) is 10.4. The Labute approximate surface area is 198 Å². The zero-order valence-electron chi connectivity index (χ0n) is 19.5. The molecule has 0 saturated carbocycles. The van der Waals surface area contributed by atoms with Crippen LogP contribution >= 0.6 is 0 Å². The molecule has 1 atom stereocenters. The molecule has 1 aliphatic rings. The van der Waals surface area contributed by atoms with Gasteiger partial charge in [-0.2, -0.15) is 4.31 Å². The number of fused-ring (bicyclic) bond motifs is 1. The molecule has 8 nitrogen and oxygen atoms in total. The summed E-state index contributed by atoms with van der Waals surface area (Å²) >= 11 is 0. The van der Waals surface area contributed by atoms with E-state index in [2.05, 4.69) is 4.98 Å². The van der Waals surface area contributed by atoms with Gasteiger partial charge in [-0.05, 0) is 56.0 Å². The summed E-state index contributed by atoms with van der Waals surface area (Å²) < 4.78 is 39.3. The molecule has 180 valence electrons. The van der Waals surface area contributed by atoms with Crippen molar-refractivity contribution in [2.24, 2.45) is 0 Å². The van der Waals surface area contributed by atoms with E-state index in [4.69, 9.17) is 9.47 Å². The van der Waals surface area contributed by atoms with Gasteiger partial charge in [-0.1, -0.05) is 24.3 Å². The lowest BCUT2D eigenvalue weighted by Gasteiger charge is -2.25. The number of nitrogens with one attached hydrogen (secondary N) is 1. The number of aromatic amines is 1. The van der Waals surface area contributed by atoms with E-state index in [-0.39, 0.29) is 35.2 Å². The van der Waals surface area contributed by atoms with Crippen LogP contribution < -0.4 is 5.56 Å². The normalized spacial score (nSPS) is 16.3. The highest BCUT2D eigenvalue weighted by Crippen LogP contribution is 2.26. The van der Waals surface area contributed by atoms with E-state index in [0.29, 0.717) is 12.2 Å². The molecule has 34 heavy (non-hydrogen) atoms. The van der Waals surface area contributed by atoms with E-state index in [1.807, 2.05) is 26.0 Å². The molecule has 0 spiro atoms. The Hall–Kier alpha value is -3.01. The lowest BCUT2D eigenvalue weighted by Crippen LogP contribution is -2.39. The number of esters is 1. The van der Waals surface area contributed by atoms with E-state index in [1.165, 1.54) is 23.5 Å². The van der Waals surface area contributed by atoms with E-state index in [0.717, 1.165) is 34.9 Å². The third-order valence-electron chi connectivity index (χ3n) is 6.21. The summed E-state index contributed by atoms with van der Waals surface area (Å²) in [4.78, 5) is 28.0. The zero-order valence-corrected chi connectivity index (χ0v) is 20.3. The van der Waals surface area contributed by atoms with Crippen LogP contribution in [0.3, 0.4) is 0 Å². The Morgan fingerprint density at radius 2 is 1.91 bits per heavy atom. The van der Waals surface area contributed by atoms with Gasteiger partial charge in [0.15, 0.2) is 0 Å². The molecule has 0 amide bonds. The summed E-state index contributed by atoms with van der Waals surface area (Å²) in [5.74, 6) is -0.745. The molecule has 1 N–H and O–H groups in total. The largest absolute Gasteiger partial charge is 0.465 e. The maximum absolute atomic E-state index is 13.8. The molecule has 4 rings (SSSR count). The van der Waals surface area contributed by atoms with Crippen molar-refractivity contribution in [2.75, 3.05) is 20.3 Å². The number of hydrogen-bond donors (Lipinski definition) is 1. The van der Waals surface area contributed by atoms with Crippen molar-refractivity contribution in [3.63, 3.8) is 0 Å². The van der Waals surface area contributed by atoms with Crippen molar-refractivity contribution in [2.45, 2.75) is 44.2 Å². The molecule has 1 saturated heterocycles. The zero-order chi connectivity index (χ0) is 24.5. The first-order valence-corrected chi connectivity index (χ1v) is 12.6. The molecule has 1 aromatic heterocycles. The number of carbonyl (C=O) groups excluding carboxylic acids is 1. The molecule has 1 fully saturated rings. The van der Waals surface area contributed by atoms with Gasteiger partial charge in [0.25, 0.3) is 5.56 Å². The monoisotopic (exact) mass is 484 g/mol. The van der Waals surface area contributed by atoms with Crippen LogP contribution in [0.1, 0.15) is 39.9 Å². The molecule has 1 aliphatic heterocycles. The first kappa shape index (κ1) is 24.1. The summed E-state index contributed by atoms with van der Waals surface area (Å²) in [6, 6.07) is 11.6. The summed E-state index contributed by atoms with van der Waals surface area (Å²) in [6.07, 6.45) is 1.27. The maximum Gasteiger partial charge on any atom is 0.339 e. The minimum absolute atomic E-state index is 0.0544. The van der Waals surface area contributed by atoms with Gasteiger partial charge in [0.1, 0.15) is 0 Å². The number of hydrogen-bond acceptors (Lipinski definition) is 6. The summed E-state index contributed by atoms with van der Waals surface area (Å²) in [5, 5.41) is 0.860. The highest BCUT2D eigenvalue weighted by atomic mass is 32.2. The van der Waals surface area contributed by atoms with Gasteiger partial charge in [-0.25, -0.2) is 13.2 Å². The number of aryl methyl sites for hydroxylation is 2. The van der Waals surface area contributed by atoms with Gasteiger partial charge in [-0.3, -0.25) is 4.79 Å². The van der Waals surface area contributed by atoms with Gasteiger partial charge in [0.05, 0.1) is 29.2 Å². The Morgan fingerprint density at radius 1 is 1.18 bits per heavy atom. The number of nitrogens with zero attached hydrogens (tertiary/aromatic N) is 1. The quantitative estimate of drug-likeness (QED) is 0.516. The minimum atomic E-state index is -4.16. The minimum Gasteiger partial charge on any atom is -0.465 e. The summed E-state index contributed by atoms with van der Waals surface area (Å²) in [6.45, 7) is 4.33. The lowest BCUT2D eigenvalue weighted by atomic mass is 10.0. The molecular formula is C25H28N2O6S. The summed E-state index contributed by atoms with van der Waals surface area (Å²) in [7, 11) is -2.96. The predicted molar refractivity (Wildman–Crippen MR) is 128 cm³/mol.